The third-order valence-corrected chi connectivity index (χ3v) is 3.35. The van der Waals surface area contributed by atoms with Crippen LogP contribution in [0.2, 0.25) is 0 Å². The van der Waals surface area contributed by atoms with E-state index >= 15 is 0 Å². The number of hydrogen-bond acceptors (Lipinski definition) is 5. The normalized spacial score (nSPS) is 17.5. The Morgan fingerprint density at radius 1 is 1.14 bits per heavy atom. The van der Waals surface area contributed by atoms with E-state index in [9.17, 15) is 9.59 Å². The highest BCUT2D eigenvalue weighted by Gasteiger charge is 2.17. The summed E-state index contributed by atoms with van der Waals surface area (Å²) in [4.78, 5) is 26.5. The molecule has 0 saturated carbocycles. The van der Waals surface area contributed by atoms with Gasteiger partial charge in [0.2, 0.25) is 0 Å². The summed E-state index contributed by atoms with van der Waals surface area (Å²) in [5.41, 5.74) is -0.443. The predicted molar refractivity (Wildman–Crippen MR) is 82.4 cm³/mol. The number of rotatable bonds is 7. The Morgan fingerprint density at radius 2 is 1.71 bits per heavy atom. The van der Waals surface area contributed by atoms with Crippen molar-refractivity contribution >= 4 is 12.4 Å². The fraction of sp³-hybridized carbons (Fsp3) is 0.867. The van der Waals surface area contributed by atoms with Gasteiger partial charge < -0.3 is 24.6 Å². The van der Waals surface area contributed by atoms with Gasteiger partial charge in [-0.15, -0.1) is 0 Å². The minimum atomic E-state index is -0.443. The van der Waals surface area contributed by atoms with E-state index in [2.05, 4.69) is 15.1 Å². The zero-order valence-electron chi connectivity index (χ0n) is 13.6. The van der Waals surface area contributed by atoms with Gasteiger partial charge in [0.1, 0.15) is 11.9 Å². The summed E-state index contributed by atoms with van der Waals surface area (Å²) in [5.74, 6) is 0. The van der Waals surface area contributed by atoms with Crippen LogP contribution in [0.3, 0.4) is 0 Å². The molecule has 1 aliphatic rings. The Morgan fingerprint density at radius 3 is 2.24 bits per heavy atom. The molecule has 21 heavy (non-hydrogen) atoms. The van der Waals surface area contributed by atoms with Crippen LogP contribution in [-0.2, 0) is 9.53 Å². The summed E-state index contributed by atoms with van der Waals surface area (Å²) in [7, 11) is 0. The van der Waals surface area contributed by atoms with Gasteiger partial charge in [-0.05, 0) is 33.7 Å². The quantitative estimate of drug-likeness (QED) is 0.563. The van der Waals surface area contributed by atoms with Crippen molar-refractivity contribution in [2.45, 2.75) is 39.2 Å². The average molecular weight is 299 g/mol. The Hall–Kier alpha value is -1.14. The number of carbonyl (C=O) groups is 2. The van der Waals surface area contributed by atoms with E-state index in [0.717, 1.165) is 52.0 Å². The summed E-state index contributed by atoms with van der Waals surface area (Å²) in [6.45, 7) is 12.2. The van der Waals surface area contributed by atoms with Crippen LogP contribution in [0.4, 0.5) is 4.79 Å². The topological polar surface area (TPSA) is 61.9 Å². The Kier molecular flexibility index (Phi) is 7.67. The van der Waals surface area contributed by atoms with Crippen LogP contribution in [0.5, 0.6) is 0 Å². The maximum Gasteiger partial charge on any atom is 0.407 e. The van der Waals surface area contributed by atoms with Crippen molar-refractivity contribution in [2.24, 2.45) is 0 Å². The van der Waals surface area contributed by atoms with Crippen LogP contribution in [-0.4, -0.2) is 73.6 Å². The molecule has 1 rings (SSSR count). The summed E-state index contributed by atoms with van der Waals surface area (Å²) in [6, 6.07) is 0. The second kappa shape index (κ2) is 9.00. The second-order valence-electron chi connectivity index (χ2n) is 6.42. The lowest BCUT2D eigenvalue weighted by atomic mass is 10.2. The highest BCUT2D eigenvalue weighted by molar-refractivity contribution is 5.67. The molecular formula is C15H29N3O3. The number of hydrogen-bond donors (Lipinski definition) is 1. The molecule has 0 aromatic carbocycles. The lowest BCUT2D eigenvalue weighted by Gasteiger charge is -2.34. The fourth-order valence-corrected chi connectivity index (χ4v) is 2.28. The number of nitrogens with one attached hydrogen (secondary N) is 1. The van der Waals surface area contributed by atoms with E-state index in [1.54, 1.807) is 0 Å². The van der Waals surface area contributed by atoms with E-state index in [-0.39, 0.29) is 6.09 Å². The Balaban J connectivity index is 2.04. The first-order chi connectivity index (χ1) is 9.90. The monoisotopic (exact) mass is 299 g/mol. The summed E-state index contributed by atoms with van der Waals surface area (Å²) in [6.07, 6.45) is 2.18. The van der Waals surface area contributed by atoms with Crippen LogP contribution in [0.15, 0.2) is 0 Å². The van der Waals surface area contributed by atoms with Crippen molar-refractivity contribution in [3.8, 4) is 0 Å². The van der Waals surface area contributed by atoms with E-state index in [1.165, 1.54) is 0 Å². The van der Waals surface area contributed by atoms with Crippen molar-refractivity contribution in [1.29, 1.82) is 0 Å². The molecule has 1 amide bonds. The van der Waals surface area contributed by atoms with Gasteiger partial charge in [-0.2, -0.15) is 0 Å². The van der Waals surface area contributed by atoms with Crippen LogP contribution in [0.25, 0.3) is 0 Å². The maximum absolute atomic E-state index is 11.5. The second-order valence-corrected chi connectivity index (χ2v) is 6.42. The average Bonchev–Trinajstić information content (AvgIpc) is 2.41. The number of alkyl carbamates (subject to hydrolysis) is 1. The molecule has 6 heteroatoms. The number of aldehydes is 1. The Labute approximate surface area is 127 Å². The van der Waals surface area contributed by atoms with E-state index < -0.39 is 5.60 Å². The summed E-state index contributed by atoms with van der Waals surface area (Å²) >= 11 is 0. The molecular weight excluding hydrogens is 270 g/mol. The molecule has 0 bridgehead atoms. The van der Waals surface area contributed by atoms with Crippen LogP contribution >= 0.6 is 0 Å². The number of ether oxygens (including phenoxy) is 1. The van der Waals surface area contributed by atoms with Gasteiger partial charge in [-0.25, -0.2) is 4.79 Å². The van der Waals surface area contributed by atoms with Gasteiger partial charge in [-0.1, -0.05) is 0 Å². The highest BCUT2D eigenvalue weighted by Crippen LogP contribution is 2.06. The first kappa shape index (κ1) is 17.9. The molecule has 0 atom stereocenters. The molecule has 1 N–H and O–H groups in total. The van der Waals surface area contributed by atoms with Gasteiger partial charge in [0.15, 0.2) is 0 Å². The first-order valence-corrected chi connectivity index (χ1v) is 7.76. The van der Waals surface area contributed by atoms with Crippen LogP contribution in [0.1, 0.15) is 33.6 Å². The zero-order chi connectivity index (χ0) is 15.7. The molecule has 1 aliphatic heterocycles. The van der Waals surface area contributed by atoms with Gasteiger partial charge in [-0.3, -0.25) is 0 Å². The molecule has 1 saturated heterocycles. The molecule has 0 radical (unpaired) electrons. The van der Waals surface area contributed by atoms with Crippen molar-refractivity contribution in [1.82, 2.24) is 15.1 Å². The molecule has 0 aromatic heterocycles. The van der Waals surface area contributed by atoms with Crippen LogP contribution in [0, 0.1) is 0 Å². The highest BCUT2D eigenvalue weighted by atomic mass is 16.6. The molecule has 0 spiro atoms. The third-order valence-electron chi connectivity index (χ3n) is 3.35. The molecule has 122 valence electrons. The standard InChI is InChI=1S/C15H29N3O3/c1-15(2,3)21-14(20)16-6-4-7-17-9-11-18(12-10-17)8-5-13-19/h13H,4-12H2,1-3H3,(H,16,20). The van der Waals surface area contributed by atoms with Crippen molar-refractivity contribution < 1.29 is 14.3 Å². The largest absolute Gasteiger partial charge is 0.444 e. The zero-order valence-corrected chi connectivity index (χ0v) is 13.6. The van der Waals surface area contributed by atoms with Crippen molar-refractivity contribution in [3.05, 3.63) is 0 Å². The maximum atomic E-state index is 11.5. The van der Waals surface area contributed by atoms with Crippen molar-refractivity contribution in [2.75, 3.05) is 45.8 Å². The van der Waals surface area contributed by atoms with Gasteiger partial charge >= 0.3 is 6.09 Å². The number of nitrogens with zero attached hydrogens (tertiary/aromatic N) is 2. The summed E-state index contributed by atoms with van der Waals surface area (Å²) < 4.78 is 5.18. The number of piperazine rings is 1. The fourth-order valence-electron chi connectivity index (χ4n) is 2.28. The van der Waals surface area contributed by atoms with E-state index in [4.69, 9.17) is 4.74 Å². The van der Waals surface area contributed by atoms with Crippen molar-refractivity contribution in [3.63, 3.8) is 0 Å². The van der Waals surface area contributed by atoms with Gasteiger partial charge in [0.05, 0.1) is 0 Å². The first-order valence-electron chi connectivity index (χ1n) is 7.76. The van der Waals surface area contributed by atoms with E-state index in [0.29, 0.717) is 13.0 Å². The third kappa shape index (κ3) is 8.67. The molecule has 0 aliphatic carbocycles. The molecule has 1 fully saturated rings. The minimum Gasteiger partial charge on any atom is -0.444 e. The minimum absolute atomic E-state index is 0.346. The molecule has 0 aromatic rings. The van der Waals surface area contributed by atoms with Gasteiger partial charge in [0, 0.05) is 45.7 Å². The van der Waals surface area contributed by atoms with Gasteiger partial charge in [0.25, 0.3) is 0 Å². The lowest BCUT2D eigenvalue weighted by Crippen LogP contribution is -2.47. The molecule has 1 heterocycles. The van der Waals surface area contributed by atoms with Crippen LogP contribution < -0.4 is 5.32 Å². The lowest BCUT2D eigenvalue weighted by molar-refractivity contribution is -0.108. The number of amides is 1. The van der Waals surface area contributed by atoms with E-state index in [1.807, 2.05) is 20.8 Å². The predicted octanol–water partition coefficient (Wildman–Crippen LogP) is 1.11. The molecule has 6 nitrogen and oxygen atoms in total. The number of carbonyl (C=O) groups excluding carboxylic acids is 2. The molecule has 0 unspecified atom stereocenters. The SMILES string of the molecule is CC(C)(C)OC(=O)NCCCN1CCN(CCC=O)CC1. The summed E-state index contributed by atoms with van der Waals surface area (Å²) in [5, 5.41) is 2.78. The Bertz CT molecular complexity index is 321. The smallest absolute Gasteiger partial charge is 0.407 e.